The fourth-order valence-electron chi connectivity index (χ4n) is 1.91. The van der Waals surface area contributed by atoms with E-state index in [-0.39, 0.29) is 11.0 Å². The molecule has 2 aromatic rings. The van der Waals surface area contributed by atoms with Crippen molar-refractivity contribution in [3.05, 3.63) is 57.5 Å². The quantitative estimate of drug-likeness (QED) is 0.900. The first-order valence-electron chi connectivity index (χ1n) is 6.16. The number of aromatic amines is 1. The molecule has 0 aliphatic heterocycles. The molecule has 0 saturated heterocycles. The Morgan fingerprint density at radius 1 is 1.25 bits per heavy atom. The Bertz CT molecular complexity index is 705. The number of aromatic nitrogens is 1. The molecule has 0 aliphatic rings. The van der Waals surface area contributed by atoms with Crippen molar-refractivity contribution in [3.63, 3.8) is 0 Å². The van der Waals surface area contributed by atoms with Gasteiger partial charge in [-0.25, -0.2) is 0 Å². The zero-order valence-electron chi connectivity index (χ0n) is 11.6. The summed E-state index contributed by atoms with van der Waals surface area (Å²) in [5.41, 5.74) is 2.02. The summed E-state index contributed by atoms with van der Waals surface area (Å²) in [5, 5.41) is 2.70. The molecule has 2 rings (SSSR count). The average Bonchev–Trinajstić information content (AvgIpc) is 2.38. The van der Waals surface area contributed by atoms with Crippen molar-refractivity contribution < 1.29 is 9.53 Å². The number of anilines is 1. The maximum Gasteiger partial charge on any atom is 0.261 e. The van der Waals surface area contributed by atoms with E-state index in [2.05, 4.69) is 10.3 Å². The Balaban J connectivity index is 2.23. The number of hydrogen-bond donors (Lipinski definition) is 2. The van der Waals surface area contributed by atoms with Crippen LogP contribution in [0.1, 0.15) is 21.6 Å². The van der Waals surface area contributed by atoms with Crippen LogP contribution < -0.4 is 15.5 Å². The lowest BCUT2D eigenvalue weighted by molar-refractivity contribution is 0.102. The van der Waals surface area contributed by atoms with Gasteiger partial charge >= 0.3 is 0 Å². The molecule has 1 heterocycles. The summed E-state index contributed by atoms with van der Waals surface area (Å²) in [6.45, 7) is 3.64. The van der Waals surface area contributed by atoms with E-state index in [1.807, 2.05) is 6.92 Å². The first-order chi connectivity index (χ1) is 9.51. The van der Waals surface area contributed by atoms with Gasteiger partial charge in [0.2, 0.25) is 0 Å². The minimum Gasteiger partial charge on any atom is -0.496 e. The first kappa shape index (κ1) is 13.9. The largest absolute Gasteiger partial charge is 0.496 e. The smallest absolute Gasteiger partial charge is 0.261 e. The van der Waals surface area contributed by atoms with Crippen LogP contribution in [0.25, 0.3) is 0 Å². The lowest BCUT2D eigenvalue weighted by Crippen LogP contribution is -2.21. The molecule has 104 valence electrons. The van der Waals surface area contributed by atoms with Gasteiger partial charge in [-0.05, 0) is 37.6 Å². The van der Waals surface area contributed by atoms with Gasteiger partial charge in [0.1, 0.15) is 11.3 Å². The third-order valence-electron chi connectivity index (χ3n) is 2.95. The topological polar surface area (TPSA) is 71.2 Å². The second-order valence-electron chi connectivity index (χ2n) is 4.53. The zero-order valence-corrected chi connectivity index (χ0v) is 11.6. The molecule has 0 radical (unpaired) electrons. The number of aryl methyl sites for hydroxylation is 2. The van der Waals surface area contributed by atoms with Crippen LogP contribution >= 0.6 is 0 Å². The number of H-pyrrole nitrogens is 1. The molecule has 0 bridgehead atoms. The predicted octanol–water partition coefficient (Wildman–Crippen LogP) is 2.25. The van der Waals surface area contributed by atoms with E-state index < -0.39 is 5.91 Å². The predicted molar refractivity (Wildman–Crippen MR) is 77.5 cm³/mol. The Kier molecular flexibility index (Phi) is 3.89. The van der Waals surface area contributed by atoms with Crippen LogP contribution in [-0.2, 0) is 0 Å². The maximum absolute atomic E-state index is 12.0. The number of carbonyl (C=O) groups excluding carboxylic acids is 1. The number of amides is 1. The normalized spacial score (nSPS) is 10.2. The lowest BCUT2D eigenvalue weighted by Gasteiger charge is -2.09. The van der Waals surface area contributed by atoms with Gasteiger partial charge in [0.05, 0.1) is 7.11 Å². The van der Waals surface area contributed by atoms with Crippen molar-refractivity contribution in [1.82, 2.24) is 4.98 Å². The standard InChI is InChI=1S/C15H16N2O3/c1-9-6-11(4-5-14(9)20-3)17-15(19)12-8-16-10(2)7-13(12)18/h4-8H,1-3H3,(H,16,18)(H,17,19). The van der Waals surface area contributed by atoms with Crippen LogP contribution in [0.2, 0.25) is 0 Å². The summed E-state index contributed by atoms with van der Waals surface area (Å²) >= 11 is 0. The van der Waals surface area contributed by atoms with E-state index in [1.54, 1.807) is 32.2 Å². The summed E-state index contributed by atoms with van der Waals surface area (Å²) < 4.78 is 5.15. The molecule has 1 amide bonds. The second kappa shape index (κ2) is 5.61. The summed E-state index contributed by atoms with van der Waals surface area (Å²) in [6, 6.07) is 6.68. The minimum absolute atomic E-state index is 0.0871. The van der Waals surface area contributed by atoms with Gasteiger partial charge in [0, 0.05) is 23.6 Å². The highest BCUT2D eigenvalue weighted by molar-refractivity contribution is 6.04. The number of carbonyl (C=O) groups is 1. The number of rotatable bonds is 3. The number of hydrogen-bond acceptors (Lipinski definition) is 3. The lowest BCUT2D eigenvalue weighted by atomic mass is 10.2. The first-order valence-corrected chi connectivity index (χ1v) is 6.16. The summed E-state index contributed by atoms with van der Waals surface area (Å²) in [7, 11) is 1.59. The van der Waals surface area contributed by atoms with Gasteiger partial charge < -0.3 is 15.0 Å². The fraction of sp³-hybridized carbons (Fsp3) is 0.200. The van der Waals surface area contributed by atoms with E-state index >= 15 is 0 Å². The SMILES string of the molecule is COc1ccc(NC(=O)c2c[nH]c(C)cc2=O)cc1C. The van der Waals surface area contributed by atoms with Crippen molar-refractivity contribution in [3.8, 4) is 5.75 Å². The highest BCUT2D eigenvalue weighted by Gasteiger charge is 2.11. The van der Waals surface area contributed by atoms with E-state index in [1.165, 1.54) is 12.3 Å². The molecule has 2 N–H and O–H groups in total. The molecule has 1 aromatic heterocycles. The van der Waals surface area contributed by atoms with Gasteiger partial charge in [-0.1, -0.05) is 0 Å². The third-order valence-corrected chi connectivity index (χ3v) is 2.95. The Hall–Kier alpha value is -2.56. The van der Waals surface area contributed by atoms with Crippen molar-refractivity contribution in [2.45, 2.75) is 13.8 Å². The van der Waals surface area contributed by atoms with Crippen LogP contribution in [0, 0.1) is 13.8 Å². The van der Waals surface area contributed by atoms with Gasteiger partial charge in [-0.15, -0.1) is 0 Å². The third kappa shape index (κ3) is 2.88. The van der Waals surface area contributed by atoms with Gasteiger partial charge in [-0.2, -0.15) is 0 Å². The van der Waals surface area contributed by atoms with Gasteiger partial charge in [-0.3, -0.25) is 9.59 Å². The number of nitrogens with one attached hydrogen (secondary N) is 2. The van der Waals surface area contributed by atoms with E-state index in [9.17, 15) is 9.59 Å². The molecule has 20 heavy (non-hydrogen) atoms. The molecule has 5 heteroatoms. The van der Waals surface area contributed by atoms with Gasteiger partial charge in [0.25, 0.3) is 5.91 Å². The highest BCUT2D eigenvalue weighted by atomic mass is 16.5. The second-order valence-corrected chi connectivity index (χ2v) is 4.53. The minimum atomic E-state index is -0.434. The molecule has 0 atom stereocenters. The molecule has 0 fully saturated rings. The highest BCUT2D eigenvalue weighted by Crippen LogP contribution is 2.21. The summed E-state index contributed by atoms with van der Waals surface area (Å²) in [4.78, 5) is 26.6. The number of benzene rings is 1. The maximum atomic E-state index is 12.0. The number of methoxy groups -OCH3 is 1. The van der Waals surface area contributed by atoms with Crippen LogP contribution in [0.5, 0.6) is 5.75 Å². The van der Waals surface area contributed by atoms with Crippen molar-refractivity contribution >= 4 is 11.6 Å². The molecule has 0 aliphatic carbocycles. The molecular formula is C15H16N2O3. The molecule has 0 saturated carbocycles. The van der Waals surface area contributed by atoms with Crippen LogP contribution in [0.3, 0.4) is 0 Å². The van der Waals surface area contributed by atoms with E-state index in [0.717, 1.165) is 11.3 Å². The van der Waals surface area contributed by atoms with Crippen LogP contribution in [0.4, 0.5) is 5.69 Å². The Morgan fingerprint density at radius 3 is 2.60 bits per heavy atom. The van der Waals surface area contributed by atoms with Gasteiger partial charge in [0.15, 0.2) is 5.43 Å². The van der Waals surface area contributed by atoms with Crippen molar-refractivity contribution in [1.29, 1.82) is 0 Å². The van der Waals surface area contributed by atoms with Crippen LogP contribution in [0.15, 0.2) is 35.3 Å². The molecular weight excluding hydrogens is 256 g/mol. The van der Waals surface area contributed by atoms with E-state index in [4.69, 9.17) is 4.74 Å². The average molecular weight is 272 g/mol. The number of pyridine rings is 1. The Labute approximate surface area is 116 Å². The molecule has 5 nitrogen and oxygen atoms in total. The molecule has 0 unspecified atom stereocenters. The van der Waals surface area contributed by atoms with Crippen molar-refractivity contribution in [2.75, 3.05) is 12.4 Å². The molecule has 1 aromatic carbocycles. The fourth-order valence-corrected chi connectivity index (χ4v) is 1.91. The monoisotopic (exact) mass is 272 g/mol. The summed E-state index contributed by atoms with van der Waals surface area (Å²) in [6.07, 6.45) is 1.42. The number of ether oxygens (including phenoxy) is 1. The van der Waals surface area contributed by atoms with Crippen molar-refractivity contribution in [2.24, 2.45) is 0 Å². The van der Waals surface area contributed by atoms with Crippen LogP contribution in [-0.4, -0.2) is 18.0 Å². The van der Waals surface area contributed by atoms with E-state index in [0.29, 0.717) is 11.4 Å². The zero-order chi connectivity index (χ0) is 14.7. The molecule has 0 spiro atoms. The summed E-state index contributed by atoms with van der Waals surface area (Å²) in [5.74, 6) is 0.312. The Morgan fingerprint density at radius 2 is 2.00 bits per heavy atom.